The van der Waals surface area contributed by atoms with Crippen LogP contribution in [0, 0.1) is 0 Å². The first-order valence-electron chi connectivity index (χ1n) is 4.76. The number of amides is 1. The fourth-order valence-corrected chi connectivity index (χ4v) is 1.64. The first kappa shape index (κ1) is 16.6. The van der Waals surface area contributed by atoms with Crippen molar-refractivity contribution in [3.8, 4) is 0 Å². The van der Waals surface area contributed by atoms with Gasteiger partial charge in [0.05, 0.1) is 10.1 Å². The molecule has 5 nitrogen and oxygen atoms in total. The van der Waals surface area contributed by atoms with Gasteiger partial charge in [-0.3, -0.25) is 4.79 Å². The van der Waals surface area contributed by atoms with Crippen LogP contribution < -0.4 is 34.9 Å². The molecule has 0 unspecified atom stereocenters. The van der Waals surface area contributed by atoms with Gasteiger partial charge >= 0.3 is 29.6 Å². The second-order valence-corrected chi connectivity index (χ2v) is 4.76. The zero-order valence-electron chi connectivity index (χ0n) is 9.55. The van der Waals surface area contributed by atoms with E-state index in [2.05, 4.69) is 5.32 Å². The smallest absolute Gasteiger partial charge is 0.748 e. The van der Waals surface area contributed by atoms with Gasteiger partial charge in [0.25, 0.3) is 5.91 Å². The van der Waals surface area contributed by atoms with Crippen LogP contribution in [-0.4, -0.2) is 31.2 Å². The maximum atomic E-state index is 11.4. The molecule has 0 saturated carbocycles. The molecule has 1 aromatic rings. The van der Waals surface area contributed by atoms with Gasteiger partial charge in [0.1, 0.15) is 0 Å². The van der Waals surface area contributed by atoms with E-state index in [0.29, 0.717) is 5.56 Å². The molecule has 1 aromatic carbocycles. The van der Waals surface area contributed by atoms with Crippen LogP contribution in [0.1, 0.15) is 16.8 Å². The minimum Gasteiger partial charge on any atom is -0.748 e. The fourth-order valence-electron chi connectivity index (χ4n) is 1.14. The molecule has 0 aliphatic heterocycles. The summed E-state index contributed by atoms with van der Waals surface area (Å²) < 4.78 is 30.8. The van der Waals surface area contributed by atoms with Crippen LogP contribution in [0.2, 0.25) is 0 Å². The predicted octanol–water partition coefficient (Wildman–Crippen LogP) is -2.64. The van der Waals surface area contributed by atoms with E-state index in [4.69, 9.17) is 0 Å². The van der Waals surface area contributed by atoms with E-state index in [-0.39, 0.29) is 48.4 Å². The van der Waals surface area contributed by atoms with Crippen LogP contribution in [-0.2, 0) is 10.1 Å². The molecule has 7 heteroatoms. The van der Waals surface area contributed by atoms with E-state index < -0.39 is 15.9 Å². The van der Waals surface area contributed by atoms with Crippen molar-refractivity contribution >= 4 is 16.0 Å². The van der Waals surface area contributed by atoms with E-state index in [1.54, 1.807) is 30.3 Å². The van der Waals surface area contributed by atoms with Crippen molar-refractivity contribution in [1.82, 2.24) is 5.32 Å². The van der Waals surface area contributed by atoms with E-state index in [1.807, 2.05) is 0 Å². The Labute approximate surface area is 123 Å². The minimum atomic E-state index is -4.19. The first-order valence-corrected chi connectivity index (χ1v) is 6.33. The minimum absolute atomic E-state index is 0. The van der Waals surface area contributed by atoms with Crippen molar-refractivity contribution in [2.75, 3.05) is 12.3 Å². The average molecular weight is 265 g/mol. The summed E-state index contributed by atoms with van der Waals surface area (Å²) in [7, 11) is -4.19. The SMILES string of the molecule is O=C(NCCCS(=O)(=O)[O-])c1ccccc1.[Na+]. The molecule has 1 N–H and O–H groups in total. The van der Waals surface area contributed by atoms with Crippen LogP contribution >= 0.6 is 0 Å². The van der Waals surface area contributed by atoms with Crippen molar-refractivity contribution in [2.45, 2.75) is 6.42 Å². The van der Waals surface area contributed by atoms with Crippen molar-refractivity contribution in [3.05, 3.63) is 35.9 Å². The van der Waals surface area contributed by atoms with Crippen LogP contribution in [0.4, 0.5) is 0 Å². The number of benzene rings is 1. The number of rotatable bonds is 5. The zero-order chi connectivity index (χ0) is 12.0. The fraction of sp³-hybridized carbons (Fsp3) is 0.300. The molecule has 0 saturated heterocycles. The Morgan fingerprint density at radius 2 is 1.82 bits per heavy atom. The second kappa shape index (κ2) is 7.84. The van der Waals surface area contributed by atoms with Gasteiger partial charge in [0.15, 0.2) is 0 Å². The van der Waals surface area contributed by atoms with Crippen molar-refractivity contribution < 1.29 is 47.3 Å². The van der Waals surface area contributed by atoms with E-state index >= 15 is 0 Å². The standard InChI is InChI=1S/C10H13NO4S.Na/c12-10(9-5-2-1-3-6-9)11-7-4-8-16(13,14)15;/h1-3,5-6H,4,7-8H2,(H,11,12)(H,13,14,15);/q;+1/p-1. The summed E-state index contributed by atoms with van der Waals surface area (Å²) in [5.41, 5.74) is 0.507. The Bertz CT molecular complexity index is 447. The maximum Gasteiger partial charge on any atom is 1.00 e. The first-order chi connectivity index (χ1) is 7.49. The maximum absolute atomic E-state index is 11.4. The molecule has 0 aliphatic carbocycles. The number of hydrogen-bond acceptors (Lipinski definition) is 4. The summed E-state index contributed by atoms with van der Waals surface area (Å²) in [6, 6.07) is 8.56. The van der Waals surface area contributed by atoms with Crippen molar-refractivity contribution in [2.24, 2.45) is 0 Å². The average Bonchev–Trinajstić information content (AvgIpc) is 2.24. The quantitative estimate of drug-likeness (QED) is 0.358. The molecule has 1 rings (SSSR count). The van der Waals surface area contributed by atoms with Crippen LogP contribution in [0.15, 0.2) is 30.3 Å². The van der Waals surface area contributed by atoms with Gasteiger partial charge in [-0.05, 0) is 18.6 Å². The summed E-state index contributed by atoms with van der Waals surface area (Å²) in [4.78, 5) is 11.4. The van der Waals surface area contributed by atoms with Gasteiger partial charge in [-0.2, -0.15) is 0 Å². The van der Waals surface area contributed by atoms with Crippen LogP contribution in [0.25, 0.3) is 0 Å². The number of carbonyl (C=O) groups excluding carboxylic acids is 1. The van der Waals surface area contributed by atoms with E-state index in [9.17, 15) is 17.8 Å². The third-order valence-corrected chi connectivity index (χ3v) is 2.68. The molecular weight excluding hydrogens is 253 g/mol. The molecule has 0 radical (unpaired) electrons. The molecule has 0 atom stereocenters. The van der Waals surface area contributed by atoms with Crippen LogP contribution in [0.5, 0.6) is 0 Å². The molecule has 88 valence electrons. The molecule has 1 amide bonds. The second-order valence-electron chi connectivity index (χ2n) is 3.24. The monoisotopic (exact) mass is 265 g/mol. The Morgan fingerprint density at radius 3 is 2.35 bits per heavy atom. The summed E-state index contributed by atoms with van der Waals surface area (Å²) in [5, 5.41) is 2.53. The van der Waals surface area contributed by atoms with Gasteiger partial charge in [0, 0.05) is 17.9 Å². The molecular formula is C10H12NNaO4S. The molecule has 0 heterocycles. The Balaban J connectivity index is 0.00000256. The Hall–Kier alpha value is -0.400. The third-order valence-electron chi connectivity index (χ3n) is 1.89. The van der Waals surface area contributed by atoms with Crippen molar-refractivity contribution in [1.29, 1.82) is 0 Å². The van der Waals surface area contributed by atoms with Gasteiger partial charge in [-0.15, -0.1) is 0 Å². The summed E-state index contributed by atoms with van der Waals surface area (Å²) in [6.45, 7) is 0.176. The Kier molecular flexibility index (Phi) is 7.65. The molecule has 17 heavy (non-hydrogen) atoms. The van der Waals surface area contributed by atoms with Crippen molar-refractivity contribution in [3.63, 3.8) is 0 Å². The third kappa shape index (κ3) is 7.51. The number of hydrogen-bond donors (Lipinski definition) is 1. The molecule has 0 bridgehead atoms. The summed E-state index contributed by atoms with van der Waals surface area (Å²) in [5.74, 6) is -0.730. The molecule has 0 fully saturated rings. The van der Waals surface area contributed by atoms with E-state index in [0.717, 1.165) is 0 Å². The van der Waals surface area contributed by atoms with Gasteiger partial charge in [-0.1, -0.05) is 18.2 Å². The number of carbonyl (C=O) groups is 1. The summed E-state index contributed by atoms with van der Waals surface area (Å²) in [6.07, 6.45) is 0.129. The predicted molar refractivity (Wildman–Crippen MR) is 58.0 cm³/mol. The molecule has 0 aliphatic rings. The van der Waals surface area contributed by atoms with Gasteiger partial charge in [-0.25, -0.2) is 8.42 Å². The largest absolute Gasteiger partial charge is 1.00 e. The molecule has 0 aromatic heterocycles. The molecule has 0 spiro atoms. The topological polar surface area (TPSA) is 86.3 Å². The summed E-state index contributed by atoms with van der Waals surface area (Å²) >= 11 is 0. The zero-order valence-corrected chi connectivity index (χ0v) is 12.4. The van der Waals surface area contributed by atoms with E-state index in [1.165, 1.54) is 0 Å². The number of nitrogens with one attached hydrogen (secondary N) is 1. The van der Waals surface area contributed by atoms with Gasteiger partial charge < -0.3 is 9.87 Å². The van der Waals surface area contributed by atoms with Gasteiger partial charge in [0.2, 0.25) is 0 Å². The van der Waals surface area contributed by atoms with Crippen LogP contribution in [0.3, 0.4) is 0 Å². The Morgan fingerprint density at radius 1 is 1.24 bits per heavy atom. The normalized spacial score (nSPS) is 10.4.